The molecular formula is C13H19BrO2. The molecule has 16 heavy (non-hydrogen) atoms. The molecule has 90 valence electrons. The number of aliphatic hydroxyl groups excluding tert-OH is 1. The number of aromatic hydroxyl groups is 1. The van der Waals surface area contributed by atoms with Crippen LogP contribution in [-0.4, -0.2) is 16.3 Å². The Balaban J connectivity index is 3.20. The van der Waals surface area contributed by atoms with Gasteiger partial charge in [0.25, 0.3) is 0 Å². The van der Waals surface area contributed by atoms with Crippen molar-refractivity contribution in [3.63, 3.8) is 0 Å². The molecule has 0 spiro atoms. The Hall–Kier alpha value is -0.540. The van der Waals surface area contributed by atoms with Gasteiger partial charge in [-0.25, -0.2) is 0 Å². The Kier molecular flexibility index (Phi) is 4.02. The lowest BCUT2D eigenvalue weighted by atomic mass is 9.72. The zero-order valence-electron chi connectivity index (χ0n) is 10.2. The van der Waals surface area contributed by atoms with Gasteiger partial charge in [-0.1, -0.05) is 36.7 Å². The molecule has 0 heterocycles. The van der Waals surface area contributed by atoms with Crippen molar-refractivity contribution < 1.29 is 10.2 Å². The number of hydrogen-bond donors (Lipinski definition) is 2. The monoisotopic (exact) mass is 286 g/mol. The number of phenolic OH excluding ortho intramolecular Hbond substituents is 1. The van der Waals surface area contributed by atoms with E-state index in [0.29, 0.717) is 0 Å². The Morgan fingerprint density at radius 1 is 1.25 bits per heavy atom. The van der Waals surface area contributed by atoms with Crippen molar-refractivity contribution in [2.45, 2.75) is 39.2 Å². The molecule has 0 fully saturated rings. The molecule has 2 nitrogen and oxygen atoms in total. The van der Waals surface area contributed by atoms with Gasteiger partial charge in [-0.2, -0.15) is 0 Å². The maximum Gasteiger partial charge on any atom is 0.119 e. The third-order valence-electron chi connectivity index (χ3n) is 3.51. The number of hydrogen-bond acceptors (Lipinski definition) is 2. The molecule has 2 unspecified atom stereocenters. The normalized spacial score (nSPS) is 15.9. The summed E-state index contributed by atoms with van der Waals surface area (Å²) >= 11 is 3.40. The molecule has 0 aliphatic rings. The maximum atomic E-state index is 9.90. The summed E-state index contributed by atoms with van der Waals surface area (Å²) in [6, 6.07) is 5.39. The van der Waals surface area contributed by atoms with Gasteiger partial charge in [-0.3, -0.25) is 0 Å². The van der Waals surface area contributed by atoms with Gasteiger partial charge in [0, 0.05) is 10.0 Å². The Morgan fingerprint density at radius 3 is 2.31 bits per heavy atom. The fraction of sp³-hybridized carbons (Fsp3) is 0.538. The molecule has 3 heteroatoms. The average molecular weight is 287 g/mol. The summed E-state index contributed by atoms with van der Waals surface area (Å²) in [7, 11) is 0. The molecular weight excluding hydrogens is 268 g/mol. The molecule has 0 bridgehead atoms. The fourth-order valence-electron chi connectivity index (χ4n) is 1.87. The van der Waals surface area contributed by atoms with Crippen LogP contribution in [-0.2, 0) is 5.41 Å². The second kappa shape index (κ2) is 4.76. The lowest BCUT2D eigenvalue weighted by Crippen LogP contribution is -2.34. The van der Waals surface area contributed by atoms with Gasteiger partial charge < -0.3 is 10.2 Å². The molecule has 1 aromatic carbocycles. The minimum Gasteiger partial charge on any atom is -0.508 e. The zero-order chi connectivity index (χ0) is 12.5. The van der Waals surface area contributed by atoms with Crippen LogP contribution in [0, 0.1) is 5.92 Å². The van der Waals surface area contributed by atoms with E-state index in [9.17, 15) is 10.2 Å². The Bertz CT molecular complexity index is 372. The summed E-state index contributed by atoms with van der Waals surface area (Å²) in [6.45, 7) is 7.84. The summed E-state index contributed by atoms with van der Waals surface area (Å²) < 4.78 is 0.936. The highest BCUT2D eigenvalue weighted by atomic mass is 79.9. The van der Waals surface area contributed by atoms with Crippen molar-refractivity contribution in [2.75, 3.05) is 0 Å². The number of halogens is 1. The quantitative estimate of drug-likeness (QED) is 0.894. The van der Waals surface area contributed by atoms with E-state index in [1.807, 2.05) is 32.9 Å². The zero-order valence-corrected chi connectivity index (χ0v) is 11.7. The first-order valence-corrected chi connectivity index (χ1v) is 6.23. The summed E-state index contributed by atoms with van der Waals surface area (Å²) in [4.78, 5) is 0. The van der Waals surface area contributed by atoms with E-state index in [-0.39, 0.29) is 17.1 Å². The van der Waals surface area contributed by atoms with Crippen LogP contribution in [0.4, 0.5) is 0 Å². The van der Waals surface area contributed by atoms with Gasteiger partial charge in [-0.15, -0.1) is 0 Å². The highest BCUT2D eigenvalue weighted by Gasteiger charge is 2.33. The van der Waals surface area contributed by atoms with E-state index < -0.39 is 6.10 Å². The van der Waals surface area contributed by atoms with Gasteiger partial charge in [-0.05, 0) is 36.5 Å². The van der Waals surface area contributed by atoms with E-state index in [0.717, 1.165) is 10.0 Å². The van der Waals surface area contributed by atoms with Gasteiger partial charge in [0.15, 0.2) is 0 Å². The summed E-state index contributed by atoms with van der Waals surface area (Å²) in [5, 5.41) is 19.6. The smallest absolute Gasteiger partial charge is 0.119 e. The first kappa shape index (κ1) is 13.5. The highest BCUT2D eigenvalue weighted by Crippen LogP contribution is 2.39. The minimum atomic E-state index is -0.409. The van der Waals surface area contributed by atoms with Crippen LogP contribution in [0.3, 0.4) is 0 Å². The van der Waals surface area contributed by atoms with Crippen LogP contribution in [0.5, 0.6) is 5.75 Å². The third-order valence-corrected chi connectivity index (χ3v) is 4.01. The number of benzene rings is 1. The van der Waals surface area contributed by atoms with E-state index >= 15 is 0 Å². The lowest BCUT2D eigenvalue weighted by Gasteiger charge is -2.34. The van der Waals surface area contributed by atoms with E-state index in [1.165, 1.54) is 0 Å². The van der Waals surface area contributed by atoms with Crippen LogP contribution in [0.25, 0.3) is 0 Å². The molecule has 0 saturated carbocycles. The average Bonchev–Trinajstić information content (AvgIpc) is 2.20. The summed E-state index contributed by atoms with van der Waals surface area (Å²) in [6.07, 6.45) is -0.409. The number of phenols is 1. The van der Waals surface area contributed by atoms with Crippen molar-refractivity contribution in [3.8, 4) is 5.75 Å². The van der Waals surface area contributed by atoms with Crippen molar-refractivity contribution >= 4 is 15.9 Å². The van der Waals surface area contributed by atoms with Gasteiger partial charge in [0.1, 0.15) is 5.75 Å². The Labute approximate surface area is 105 Å². The van der Waals surface area contributed by atoms with E-state index in [2.05, 4.69) is 15.9 Å². The second-order valence-corrected chi connectivity index (χ2v) is 5.83. The first-order valence-electron chi connectivity index (χ1n) is 5.44. The van der Waals surface area contributed by atoms with Gasteiger partial charge in [0.2, 0.25) is 0 Å². The van der Waals surface area contributed by atoms with Crippen LogP contribution in [0.2, 0.25) is 0 Å². The molecule has 0 aromatic heterocycles. The van der Waals surface area contributed by atoms with Crippen molar-refractivity contribution in [1.29, 1.82) is 0 Å². The molecule has 0 amide bonds. The third kappa shape index (κ3) is 2.58. The predicted octanol–water partition coefficient (Wildman–Crippen LogP) is 3.45. The van der Waals surface area contributed by atoms with Gasteiger partial charge >= 0.3 is 0 Å². The molecule has 2 N–H and O–H groups in total. The largest absolute Gasteiger partial charge is 0.508 e. The van der Waals surface area contributed by atoms with Crippen LogP contribution in [0.1, 0.15) is 33.3 Å². The standard InChI is InChI=1S/C13H19BrO2/c1-8(9(2)15)13(3,4)11-7-10(14)5-6-12(11)16/h5-9,15-16H,1-4H3. The highest BCUT2D eigenvalue weighted by molar-refractivity contribution is 9.10. The molecule has 0 radical (unpaired) electrons. The van der Waals surface area contributed by atoms with Gasteiger partial charge in [0.05, 0.1) is 6.10 Å². The maximum absolute atomic E-state index is 9.90. The molecule has 2 atom stereocenters. The number of rotatable bonds is 3. The summed E-state index contributed by atoms with van der Waals surface area (Å²) in [5.74, 6) is 0.341. The van der Waals surface area contributed by atoms with Crippen LogP contribution >= 0.6 is 15.9 Å². The Morgan fingerprint density at radius 2 is 1.81 bits per heavy atom. The number of aliphatic hydroxyl groups is 1. The van der Waals surface area contributed by atoms with Crippen molar-refractivity contribution in [3.05, 3.63) is 28.2 Å². The first-order chi connectivity index (χ1) is 7.26. The van der Waals surface area contributed by atoms with Crippen LogP contribution in [0.15, 0.2) is 22.7 Å². The van der Waals surface area contributed by atoms with E-state index in [1.54, 1.807) is 13.0 Å². The SMILES string of the molecule is CC(O)C(C)C(C)(C)c1cc(Br)ccc1O. The second-order valence-electron chi connectivity index (χ2n) is 4.91. The van der Waals surface area contributed by atoms with E-state index in [4.69, 9.17) is 0 Å². The van der Waals surface area contributed by atoms with Crippen molar-refractivity contribution in [1.82, 2.24) is 0 Å². The molecule has 0 aliphatic carbocycles. The lowest BCUT2D eigenvalue weighted by molar-refractivity contribution is 0.0925. The predicted molar refractivity (Wildman–Crippen MR) is 69.7 cm³/mol. The molecule has 1 rings (SSSR count). The topological polar surface area (TPSA) is 40.5 Å². The molecule has 0 saturated heterocycles. The fourth-order valence-corrected chi connectivity index (χ4v) is 2.23. The van der Waals surface area contributed by atoms with Crippen LogP contribution < -0.4 is 0 Å². The minimum absolute atomic E-state index is 0.0627. The molecule has 1 aromatic rings. The molecule has 0 aliphatic heterocycles. The summed E-state index contributed by atoms with van der Waals surface area (Å²) in [5.41, 5.74) is 0.581. The van der Waals surface area contributed by atoms with Crippen molar-refractivity contribution in [2.24, 2.45) is 5.92 Å².